The van der Waals surface area contributed by atoms with Crippen LogP contribution in [0.5, 0.6) is 0 Å². The lowest BCUT2D eigenvalue weighted by atomic mass is 10.0. The minimum absolute atomic E-state index is 0.0774. The van der Waals surface area contributed by atoms with Gasteiger partial charge in [0, 0.05) is 0 Å². The van der Waals surface area contributed by atoms with Gasteiger partial charge in [0.15, 0.2) is 5.17 Å². The van der Waals surface area contributed by atoms with E-state index in [0.717, 1.165) is 22.0 Å². The van der Waals surface area contributed by atoms with Crippen molar-refractivity contribution in [3.05, 3.63) is 77.9 Å². The lowest BCUT2D eigenvalue weighted by molar-refractivity contribution is -0.125. The molecular weight excluding hydrogens is 292 g/mol. The number of amides is 1. The molecule has 0 spiro atoms. The molecule has 4 heteroatoms. The first kappa shape index (κ1) is 13.3. The van der Waals surface area contributed by atoms with Crippen LogP contribution < -0.4 is 0 Å². The van der Waals surface area contributed by atoms with Crippen LogP contribution in [0.4, 0.5) is 0 Å². The molecule has 0 aliphatic carbocycles. The van der Waals surface area contributed by atoms with E-state index in [0.29, 0.717) is 5.75 Å². The average molecular weight is 306 g/mol. The predicted molar refractivity (Wildman–Crippen MR) is 90.3 cm³/mol. The molecule has 108 valence electrons. The molecular formula is C18H14N2OS. The lowest BCUT2D eigenvalue weighted by Gasteiger charge is -2.29. The molecule has 1 fully saturated rings. The molecule has 1 amide bonds. The van der Waals surface area contributed by atoms with Crippen molar-refractivity contribution in [2.75, 3.05) is 5.75 Å². The maximum Gasteiger partial charge on any atom is 0.239 e. The smallest absolute Gasteiger partial charge is 0.239 e. The van der Waals surface area contributed by atoms with Crippen molar-refractivity contribution in [1.29, 1.82) is 0 Å². The minimum Gasteiger partial charge on any atom is -0.279 e. The summed E-state index contributed by atoms with van der Waals surface area (Å²) in [4.78, 5) is 18.7. The molecule has 0 unspecified atom stereocenters. The zero-order valence-corrected chi connectivity index (χ0v) is 12.7. The van der Waals surface area contributed by atoms with Gasteiger partial charge in [-0.2, -0.15) is 0 Å². The summed E-state index contributed by atoms with van der Waals surface area (Å²) >= 11 is 1.52. The van der Waals surface area contributed by atoms with Crippen molar-refractivity contribution < 1.29 is 4.79 Å². The Morgan fingerprint density at radius 3 is 2.41 bits per heavy atom. The topological polar surface area (TPSA) is 32.7 Å². The van der Waals surface area contributed by atoms with Gasteiger partial charge in [-0.05, 0) is 17.2 Å². The molecule has 2 aliphatic rings. The molecule has 0 N–H and O–H groups in total. The van der Waals surface area contributed by atoms with E-state index in [4.69, 9.17) is 0 Å². The Morgan fingerprint density at radius 2 is 1.68 bits per heavy atom. The fraction of sp³-hybridized carbons (Fsp3) is 0.111. The third-order valence-corrected chi connectivity index (χ3v) is 4.76. The van der Waals surface area contributed by atoms with Crippen LogP contribution >= 0.6 is 11.8 Å². The second-order valence-corrected chi connectivity index (χ2v) is 6.16. The summed E-state index contributed by atoms with van der Waals surface area (Å²) in [6.07, 6.45) is 2.08. The standard InChI is InChI=1S/C18H14N2OS/c21-17-12-22-18-19-15(13-7-3-1-4-8-13)11-16(20(17)18)14-9-5-2-6-10-14/h1-11,16H,12H2/t16-/m0/s1. The molecule has 2 heterocycles. The van der Waals surface area contributed by atoms with E-state index in [1.54, 1.807) is 0 Å². The Hall–Kier alpha value is -2.33. The number of aliphatic imine (C=N–C) groups is 1. The van der Waals surface area contributed by atoms with Crippen LogP contribution in [0.15, 0.2) is 71.7 Å². The molecule has 0 radical (unpaired) electrons. The zero-order chi connectivity index (χ0) is 14.9. The molecule has 2 aliphatic heterocycles. The lowest BCUT2D eigenvalue weighted by Crippen LogP contribution is -2.34. The van der Waals surface area contributed by atoms with Crippen molar-refractivity contribution in [3.63, 3.8) is 0 Å². The van der Waals surface area contributed by atoms with E-state index >= 15 is 0 Å². The summed E-state index contributed by atoms with van der Waals surface area (Å²) in [5, 5.41) is 0.806. The number of amidine groups is 1. The van der Waals surface area contributed by atoms with Crippen molar-refractivity contribution in [2.24, 2.45) is 4.99 Å². The summed E-state index contributed by atoms with van der Waals surface area (Å²) in [5.74, 6) is 0.596. The molecule has 1 atom stereocenters. The number of benzene rings is 2. The maximum atomic E-state index is 12.2. The van der Waals surface area contributed by atoms with E-state index in [1.165, 1.54) is 11.8 Å². The molecule has 2 aromatic carbocycles. The van der Waals surface area contributed by atoms with Crippen LogP contribution in [0.25, 0.3) is 5.70 Å². The van der Waals surface area contributed by atoms with Gasteiger partial charge in [0.2, 0.25) is 5.91 Å². The Labute approximate surface area is 133 Å². The van der Waals surface area contributed by atoms with Gasteiger partial charge >= 0.3 is 0 Å². The van der Waals surface area contributed by atoms with Crippen LogP contribution in [-0.2, 0) is 4.79 Å². The van der Waals surface area contributed by atoms with E-state index in [-0.39, 0.29) is 11.9 Å². The zero-order valence-electron chi connectivity index (χ0n) is 11.8. The van der Waals surface area contributed by atoms with Gasteiger partial charge in [0.05, 0.1) is 17.5 Å². The maximum absolute atomic E-state index is 12.2. The fourth-order valence-corrected chi connectivity index (χ4v) is 3.67. The van der Waals surface area contributed by atoms with E-state index in [1.807, 2.05) is 41.3 Å². The van der Waals surface area contributed by atoms with Crippen LogP contribution in [0.3, 0.4) is 0 Å². The number of thioether (sulfide) groups is 1. The second-order valence-electron chi connectivity index (χ2n) is 5.22. The van der Waals surface area contributed by atoms with Crippen LogP contribution in [0.2, 0.25) is 0 Å². The summed E-state index contributed by atoms with van der Waals surface area (Å²) in [7, 11) is 0. The van der Waals surface area contributed by atoms with Gasteiger partial charge in [-0.3, -0.25) is 9.69 Å². The monoisotopic (exact) mass is 306 g/mol. The highest BCUT2D eigenvalue weighted by Gasteiger charge is 2.37. The van der Waals surface area contributed by atoms with Crippen LogP contribution in [0.1, 0.15) is 17.2 Å². The first-order valence-electron chi connectivity index (χ1n) is 7.19. The average Bonchev–Trinajstić information content (AvgIpc) is 2.97. The summed E-state index contributed by atoms with van der Waals surface area (Å²) in [6.45, 7) is 0. The fourth-order valence-electron chi connectivity index (χ4n) is 2.76. The molecule has 0 aromatic heterocycles. The van der Waals surface area contributed by atoms with Crippen molar-refractivity contribution in [2.45, 2.75) is 6.04 Å². The first-order valence-corrected chi connectivity index (χ1v) is 8.17. The van der Waals surface area contributed by atoms with Gasteiger partial charge < -0.3 is 0 Å². The molecule has 0 saturated carbocycles. The quantitative estimate of drug-likeness (QED) is 0.847. The van der Waals surface area contributed by atoms with Crippen LogP contribution in [0, 0.1) is 0 Å². The summed E-state index contributed by atoms with van der Waals surface area (Å²) in [5.41, 5.74) is 3.12. The first-order chi connectivity index (χ1) is 10.8. The highest BCUT2D eigenvalue weighted by molar-refractivity contribution is 8.15. The van der Waals surface area contributed by atoms with Crippen LogP contribution in [-0.4, -0.2) is 21.7 Å². The number of nitrogens with zero attached hydrogens (tertiary/aromatic N) is 2. The van der Waals surface area contributed by atoms with Crippen molar-refractivity contribution in [1.82, 2.24) is 4.90 Å². The largest absolute Gasteiger partial charge is 0.279 e. The van der Waals surface area contributed by atoms with Crippen molar-refractivity contribution in [3.8, 4) is 0 Å². The van der Waals surface area contributed by atoms with Gasteiger partial charge in [0.25, 0.3) is 0 Å². The Bertz CT molecular complexity index is 768. The molecule has 0 bridgehead atoms. The Kier molecular flexibility index (Phi) is 3.31. The number of hydrogen-bond donors (Lipinski definition) is 0. The molecule has 1 saturated heterocycles. The summed E-state index contributed by atoms with van der Waals surface area (Å²) in [6, 6.07) is 20.1. The third-order valence-electron chi connectivity index (χ3n) is 3.82. The van der Waals surface area contributed by atoms with E-state index in [9.17, 15) is 4.79 Å². The number of carbonyl (C=O) groups is 1. The number of hydrogen-bond acceptors (Lipinski definition) is 3. The number of carbonyl (C=O) groups excluding carboxylic acids is 1. The van der Waals surface area contributed by atoms with E-state index < -0.39 is 0 Å². The molecule has 2 aromatic rings. The van der Waals surface area contributed by atoms with Gasteiger partial charge in [0.1, 0.15) is 0 Å². The molecule has 22 heavy (non-hydrogen) atoms. The molecule has 3 nitrogen and oxygen atoms in total. The highest BCUT2D eigenvalue weighted by Crippen LogP contribution is 2.38. The third kappa shape index (κ3) is 2.25. The SMILES string of the molecule is O=C1CSC2=NC(c3ccccc3)=C[C@@H](c3ccccc3)N12. The number of fused-ring (bicyclic) bond motifs is 1. The Balaban J connectivity index is 1.82. The number of rotatable bonds is 2. The normalized spacial score (nSPS) is 20.5. The van der Waals surface area contributed by atoms with E-state index in [2.05, 4.69) is 35.3 Å². The van der Waals surface area contributed by atoms with Crippen molar-refractivity contribution >= 4 is 28.5 Å². The molecule has 4 rings (SSSR count). The Morgan fingerprint density at radius 1 is 1.00 bits per heavy atom. The van der Waals surface area contributed by atoms with Gasteiger partial charge in [-0.15, -0.1) is 0 Å². The van der Waals surface area contributed by atoms with Gasteiger partial charge in [-0.1, -0.05) is 72.4 Å². The highest BCUT2D eigenvalue weighted by atomic mass is 32.2. The second kappa shape index (κ2) is 5.46. The predicted octanol–water partition coefficient (Wildman–Crippen LogP) is 3.71. The summed E-state index contributed by atoms with van der Waals surface area (Å²) < 4.78 is 0. The minimum atomic E-state index is -0.0774. The van der Waals surface area contributed by atoms with Gasteiger partial charge in [-0.25, -0.2) is 4.99 Å².